The standard InChI is InChI=1S/C19H15Cl2N3O5/c1-27-12-8-6-11(7-9-12)17(19(26)28-2)29-18(25)15-10-22-23-24(15)14-5-3-4-13(20)16(14)21/h3-10,17H,1-2H3/t17-/m0/s1. The first kappa shape index (κ1) is 20.6. The van der Waals surface area contributed by atoms with Crippen molar-refractivity contribution in [2.75, 3.05) is 14.2 Å². The summed E-state index contributed by atoms with van der Waals surface area (Å²) in [5.74, 6) is -1.01. The van der Waals surface area contributed by atoms with Gasteiger partial charge in [-0.15, -0.1) is 5.10 Å². The van der Waals surface area contributed by atoms with Gasteiger partial charge < -0.3 is 14.2 Å². The Hall–Kier alpha value is -3.10. The van der Waals surface area contributed by atoms with E-state index in [4.69, 9.17) is 37.4 Å². The van der Waals surface area contributed by atoms with Gasteiger partial charge in [-0.2, -0.15) is 0 Å². The Morgan fingerprint density at radius 3 is 2.45 bits per heavy atom. The number of halogens is 2. The third-order valence-corrected chi connectivity index (χ3v) is 4.79. The predicted molar refractivity (Wildman–Crippen MR) is 105 cm³/mol. The van der Waals surface area contributed by atoms with Gasteiger partial charge in [0.2, 0.25) is 6.10 Å². The maximum atomic E-state index is 12.8. The van der Waals surface area contributed by atoms with E-state index in [1.165, 1.54) is 25.1 Å². The highest BCUT2D eigenvalue weighted by Crippen LogP contribution is 2.29. The van der Waals surface area contributed by atoms with Crippen molar-refractivity contribution in [3.63, 3.8) is 0 Å². The number of hydrogen-bond donors (Lipinski definition) is 0. The number of aromatic nitrogens is 3. The van der Waals surface area contributed by atoms with E-state index in [-0.39, 0.29) is 15.7 Å². The van der Waals surface area contributed by atoms with Crippen LogP contribution in [-0.4, -0.2) is 41.2 Å². The van der Waals surface area contributed by atoms with Crippen molar-refractivity contribution in [3.8, 4) is 11.4 Å². The maximum absolute atomic E-state index is 12.8. The first-order valence-electron chi connectivity index (χ1n) is 8.24. The van der Waals surface area contributed by atoms with Crippen LogP contribution in [0.4, 0.5) is 0 Å². The Morgan fingerprint density at radius 2 is 1.79 bits per heavy atom. The number of carbonyl (C=O) groups is 2. The number of ether oxygens (including phenoxy) is 3. The van der Waals surface area contributed by atoms with Crippen LogP contribution in [0.5, 0.6) is 5.75 Å². The van der Waals surface area contributed by atoms with Crippen molar-refractivity contribution in [2.45, 2.75) is 6.10 Å². The lowest BCUT2D eigenvalue weighted by molar-refractivity contribution is -0.151. The topological polar surface area (TPSA) is 92.5 Å². The highest BCUT2D eigenvalue weighted by molar-refractivity contribution is 6.43. The summed E-state index contributed by atoms with van der Waals surface area (Å²) in [6, 6.07) is 11.3. The van der Waals surface area contributed by atoms with E-state index in [2.05, 4.69) is 10.3 Å². The van der Waals surface area contributed by atoms with Crippen molar-refractivity contribution in [3.05, 3.63) is 70.0 Å². The van der Waals surface area contributed by atoms with Gasteiger partial charge >= 0.3 is 11.9 Å². The van der Waals surface area contributed by atoms with Gasteiger partial charge in [0.25, 0.3) is 0 Å². The minimum absolute atomic E-state index is 0.0448. The molecule has 0 N–H and O–H groups in total. The van der Waals surface area contributed by atoms with Crippen LogP contribution in [0.3, 0.4) is 0 Å². The Bertz CT molecular complexity index is 1040. The first-order valence-corrected chi connectivity index (χ1v) is 8.99. The molecule has 0 fully saturated rings. The lowest BCUT2D eigenvalue weighted by atomic mass is 10.1. The monoisotopic (exact) mass is 435 g/mol. The average Bonchev–Trinajstić information content (AvgIpc) is 3.23. The molecule has 0 spiro atoms. The van der Waals surface area contributed by atoms with Crippen molar-refractivity contribution < 1.29 is 23.8 Å². The molecule has 0 aliphatic heterocycles. The molecule has 1 atom stereocenters. The number of benzene rings is 2. The van der Waals surface area contributed by atoms with E-state index < -0.39 is 18.0 Å². The average molecular weight is 436 g/mol. The van der Waals surface area contributed by atoms with E-state index >= 15 is 0 Å². The van der Waals surface area contributed by atoms with Crippen LogP contribution in [0.25, 0.3) is 5.69 Å². The fourth-order valence-electron chi connectivity index (χ4n) is 2.51. The van der Waals surface area contributed by atoms with Crippen LogP contribution in [0.1, 0.15) is 22.2 Å². The van der Waals surface area contributed by atoms with Crippen molar-refractivity contribution in [1.29, 1.82) is 0 Å². The highest BCUT2D eigenvalue weighted by atomic mass is 35.5. The smallest absolute Gasteiger partial charge is 0.359 e. The van der Waals surface area contributed by atoms with Crippen molar-refractivity contribution in [1.82, 2.24) is 15.0 Å². The number of methoxy groups -OCH3 is 2. The van der Waals surface area contributed by atoms with Crippen LogP contribution in [-0.2, 0) is 14.3 Å². The lowest BCUT2D eigenvalue weighted by Crippen LogP contribution is -2.22. The van der Waals surface area contributed by atoms with E-state index in [1.54, 1.807) is 42.5 Å². The molecule has 0 saturated carbocycles. The number of esters is 2. The molecular formula is C19H15Cl2N3O5. The molecule has 0 unspecified atom stereocenters. The molecule has 2 aromatic carbocycles. The second-order valence-electron chi connectivity index (χ2n) is 5.69. The van der Waals surface area contributed by atoms with Gasteiger partial charge in [0.05, 0.1) is 36.1 Å². The minimum atomic E-state index is -1.29. The van der Waals surface area contributed by atoms with Crippen molar-refractivity contribution >= 4 is 35.1 Å². The number of carbonyl (C=O) groups excluding carboxylic acids is 2. The van der Waals surface area contributed by atoms with E-state index in [1.807, 2.05) is 0 Å². The molecule has 0 aliphatic rings. The molecule has 150 valence electrons. The molecule has 0 saturated heterocycles. The summed E-state index contributed by atoms with van der Waals surface area (Å²) >= 11 is 12.2. The van der Waals surface area contributed by atoms with E-state index in [0.29, 0.717) is 17.0 Å². The SMILES string of the molecule is COC(=O)[C@@H](OC(=O)c1cnnn1-c1cccc(Cl)c1Cl)c1ccc(OC)cc1. The molecule has 29 heavy (non-hydrogen) atoms. The normalized spacial score (nSPS) is 11.6. The van der Waals surface area contributed by atoms with Crippen molar-refractivity contribution in [2.24, 2.45) is 0 Å². The first-order chi connectivity index (χ1) is 14.0. The van der Waals surface area contributed by atoms with Gasteiger partial charge in [0, 0.05) is 5.56 Å². The Balaban J connectivity index is 1.92. The molecule has 0 bridgehead atoms. The molecular weight excluding hydrogens is 421 g/mol. The minimum Gasteiger partial charge on any atom is -0.497 e. The fourth-order valence-corrected chi connectivity index (χ4v) is 2.89. The van der Waals surface area contributed by atoms with Gasteiger partial charge in [-0.1, -0.05) is 46.6 Å². The Labute approximate surface area is 175 Å². The molecule has 1 aromatic heterocycles. The second-order valence-corrected chi connectivity index (χ2v) is 6.47. The van der Waals surface area contributed by atoms with E-state index in [9.17, 15) is 9.59 Å². The zero-order valence-electron chi connectivity index (χ0n) is 15.3. The summed E-state index contributed by atoms with van der Waals surface area (Å²) in [7, 11) is 2.71. The number of hydrogen-bond acceptors (Lipinski definition) is 7. The summed E-state index contributed by atoms with van der Waals surface area (Å²) in [5.41, 5.74) is 0.699. The van der Waals surface area contributed by atoms with Crippen LogP contribution < -0.4 is 4.74 Å². The number of nitrogens with zero attached hydrogens (tertiary/aromatic N) is 3. The third kappa shape index (κ3) is 4.33. The molecule has 0 amide bonds. The molecule has 8 nitrogen and oxygen atoms in total. The molecule has 10 heteroatoms. The van der Waals surface area contributed by atoms with Crippen LogP contribution in [0.15, 0.2) is 48.7 Å². The van der Waals surface area contributed by atoms with Gasteiger partial charge in [0.15, 0.2) is 5.69 Å². The Morgan fingerprint density at radius 1 is 1.07 bits per heavy atom. The summed E-state index contributed by atoms with van der Waals surface area (Å²) in [6.07, 6.45) is -0.0985. The van der Waals surface area contributed by atoms with Gasteiger partial charge in [-0.3, -0.25) is 0 Å². The molecule has 3 aromatic rings. The summed E-state index contributed by atoms with van der Waals surface area (Å²) in [6.45, 7) is 0. The molecule has 0 radical (unpaired) electrons. The van der Waals surface area contributed by atoms with E-state index in [0.717, 1.165) is 0 Å². The quantitative estimate of drug-likeness (QED) is 0.545. The van der Waals surface area contributed by atoms with Crippen LogP contribution in [0, 0.1) is 0 Å². The van der Waals surface area contributed by atoms with Gasteiger partial charge in [-0.25, -0.2) is 14.3 Å². The second kappa shape index (κ2) is 8.93. The maximum Gasteiger partial charge on any atom is 0.359 e. The zero-order valence-corrected chi connectivity index (χ0v) is 16.8. The van der Waals surface area contributed by atoms with Crippen LogP contribution >= 0.6 is 23.2 Å². The molecule has 1 heterocycles. The third-order valence-electron chi connectivity index (χ3n) is 3.98. The highest BCUT2D eigenvalue weighted by Gasteiger charge is 2.29. The zero-order chi connectivity index (χ0) is 21.0. The largest absolute Gasteiger partial charge is 0.497 e. The van der Waals surface area contributed by atoms with Gasteiger partial charge in [-0.05, 0) is 24.3 Å². The summed E-state index contributed by atoms with van der Waals surface area (Å²) in [4.78, 5) is 25.0. The fraction of sp³-hybridized carbons (Fsp3) is 0.158. The lowest BCUT2D eigenvalue weighted by Gasteiger charge is -2.16. The summed E-state index contributed by atoms with van der Waals surface area (Å²) < 4.78 is 16.4. The Kier molecular flexibility index (Phi) is 6.36. The van der Waals surface area contributed by atoms with Gasteiger partial charge in [0.1, 0.15) is 5.75 Å². The predicted octanol–water partition coefficient (Wildman–Crippen LogP) is 3.65. The molecule has 3 rings (SSSR count). The van der Waals surface area contributed by atoms with Crippen LogP contribution in [0.2, 0.25) is 10.0 Å². The summed E-state index contributed by atoms with van der Waals surface area (Å²) in [5, 5.41) is 8.07. The number of rotatable bonds is 6. The molecule has 0 aliphatic carbocycles.